The Morgan fingerprint density at radius 1 is 0.558 bits per heavy atom. The van der Waals surface area contributed by atoms with Crippen LogP contribution in [-0.2, 0) is 0 Å². The number of allylic oxidation sites excluding steroid dienone is 4. The third-order valence-corrected chi connectivity index (χ3v) is 3.86. The predicted octanol–water partition coefficient (Wildman–Crippen LogP) is 11.6. The van der Waals surface area contributed by atoms with Crippen LogP contribution in [0.1, 0.15) is 105 Å². The molecule has 1 aliphatic carbocycles. The predicted molar refractivity (Wildman–Crippen MR) is 190 cm³/mol. The fourth-order valence-electron chi connectivity index (χ4n) is 2.08. The van der Waals surface area contributed by atoms with Crippen LogP contribution in [0.2, 0.25) is 0 Å². The molecular weight excluding hydrogens is 530 g/mol. The molecular formula is C37H63N5O. The lowest BCUT2D eigenvalue weighted by atomic mass is 10.3. The van der Waals surface area contributed by atoms with E-state index in [0.717, 1.165) is 23.4 Å². The molecule has 0 saturated heterocycles. The van der Waals surface area contributed by atoms with E-state index in [-0.39, 0.29) is 0 Å². The highest BCUT2D eigenvalue weighted by molar-refractivity contribution is 5.23. The van der Waals surface area contributed by atoms with Crippen molar-refractivity contribution in [2.24, 2.45) is 0 Å². The van der Waals surface area contributed by atoms with Crippen molar-refractivity contribution >= 4 is 0 Å². The Labute approximate surface area is 265 Å². The molecule has 6 nitrogen and oxygen atoms in total. The van der Waals surface area contributed by atoms with Crippen LogP contribution in [0, 0.1) is 27.7 Å². The molecule has 0 radical (unpaired) electrons. The summed E-state index contributed by atoms with van der Waals surface area (Å²) in [5, 5.41) is 3.45. The Bertz CT molecular complexity index is 927. The van der Waals surface area contributed by atoms with E-state index in [0.29, 0.717) is 0 Å². The lowest BCUT2D eigenvalue weighted by Crippen LogP contribution is -1.77. The van der Waals surface area contributed by atoms with Gasteiger partial charge in [0.25, 0.3) is 0 Å². The standard InChI is InChI=1S/2C6H7N.C6H8.C5H6N2.C4H5NO.5C2H6/c1-6-2-4-7-5-3-6;1-6-4-2-3-5-7-6;1-6-4-2-3-5-6;1-5-4-6-2-3-7-5;1-4-2-5-6-3-4;5*1-2/h2*2-5H,1H3;2,4-5H,3H2,1H3;2-4H,1H3;2-3H,1H3;5*1-2H3. The van der Waals surface area contributed by atoms with Crippen LogP contribution in [0.25, 0.3) is 0 Å². The van der Waals surface area contributed by atoms with Crippen molar-refractivity contribution < 1.29 is 4.52 Å². The molecule has 0 fully saturated rings. The first-order chi connectivity index (χ1) is 21.0. The topological polar surface area (TPSA) is 77.6 Å². The molecule has 43 heavy (non-hydrogen) atoms. The summed E-state index contributed by atoms with van der Waals surface area (Å²) >= 11 is 0. The van der Waals surface area contributed by atoms with Crippen molar-refractivity contribution in [3.05, 3.63) is 126 Å². The Morgan fingerprint density at radius 3 is 1.33 bits per heavy atom. The average Bonchev–Trinajstić information content (AvgIpc) is 3.78. The maximum absolute atomic E-state index is 4.46. The molecule has 0 unspecified atom stereocenters. The van der Waals surface area contributed by atoms with Gasteiger partial charge in [-0.25, -0.2) is 0 Å². The van der Waals surface area contributed by atoms with Crippen LogP contribution in [0.5, 0.6) is 0 Å². The van der Waals surface area contributed by atoms with E-state index in [9.17, 15) is 0 Å². The molecule has 0 saturated carbocycles. The van der Waals surface area contributed by atoms with Crippen molar-refractivity contribution in [2.45, 2.75) is 110 Å². The number of hydrogen-bond acceptors (Lipinski definition) is 6. The lowest BCUT2D eigenvalue weighted by molar-refractivity contribution is 0.419. The zero-order valence-electron chi connectivity index (χ0n) is 30.1. The minimum Gasteiger partial charge on any atom is -0.365 e. The van der Waals surface area contributed by atoms with E-state index in [1.807, 2.05) is 127 Å². The average molecular weight is 594 g/mol. The van der Waals surface area contributed by atoms with Crippen LogP contribution < -0.4 is 0 Å². The van der Waals surface area contributed by atoms with Crippen LogP contribution in [0.15, 0.2) is 108 Å². The minimum absolute atomic E-state index is 0.961. The highest BCUT2D eigenvalue weighted by Gasteiger charge is 1.84. The number of pyridine rings is 2. The smallest absolute Gasteiger partial charge is 0.126 e. The molecule has 242 valence electrons. The van der Waals surface area contributed by atoms with Gasteiger partial charge in [-0.3, -0.25) is 19.9 Å². The van der Waals surface area contributed by atoms with Gasteiger partial charge in [-0.2, -0.15) is 0 Å². The quantitative estimate of drug-likeness (QED) is 0.202. The van der Waals surface area contributed by atoms with E-state index in [2.05, 4.69) is 54.8 Å². The first-order valence-electron chi connectivity index (χ1n) is 15.6. The van der Waals surface area contributed by atoms with Crippen LogP contribution in [0.4, 0.5) is 0 Å². The number of hydrogen-bond donors (Lipinski definition) is 0. The summed E-state index contributed by atoms with van der Waals surface area (Å²) in [6.07, 6.45) is 21.3. The monoisotopic (exact) mass is 594 g/mol. The molecule has 1 aliphatic rings. The number of aryl methyl sites for hydroxylation is 4. The summed E-state index contributed by atoms with van der Waals surface area (Å²) in [5.41, 5.74) is 5.75. The summed E-state index contributed by atoms with van der Waals surface area (Å²) in [6, 6.07) is 9.80. The van der Waals surface area contributed by atoms with E-state index >= 15 is 0 Å². The second kappa shape index (κ2) is 45.1. The van der Waals surface area contributed by atoms with Gasteiger partial charge in [0.2, 0.25) is 0 Å². The molecule has 0 aliphatic heterocycles. The largest absolute Gasteiger partial charge is 0.365 e. The first kappa shape index (κ1) is 48.8. The molecule has 0 bridgehead atoms. The van der Waals surface area contributed by atoms with Gasteiger partial charge in [0.1, 0.15) is 6.26 Å². The highest BCUT2D eigenvalue weighted by atomic mass is 16.5. The third-order valence-electron chi connectivity index (χ3n) is 3.86. The normalized spacial score (nSPS) is 8.77. The maximum Gasteiger partial charge on any atom is 0.126 e. The van der Waals surface area contributed by atoms with E-state index < -0.39 is 0 Å². The van der Waals surface area contributed by atoms with Gasteiger partial charge in [-0.05, 0) is 70.9 Å². The Hall–Kier alpha value is -3.93. The molecule has 0 atom stereocenters. The van der Waals surface area contributed by atoms with Gasteiger partial charge in [-0.1, -0.05) is 104 Å². The molecule has 0 N–H and O–H groups in total. The summed E-state index contributed by atoms with van der Waals surface area (Å²) in [7, 11) is 0. The summed E-state index contributed by atoms with van der Waals surface area (Å²) in [4.78, 5) is 15.6. The molecule has 0 amide bonds. The lowest BCUT2D eigenvalue weighted by Gasteiger charge is -1.82. The van der Waals surface area contributed by atoms with Crippen molar-refractivity contribution in [2.75, 3.05) is 0 Å². The van der Waals surface area contributed by atoms with Gasteiger partial charge in [0, 0.05) is 48.4 Å². The van der Waals surface area contributed by atoms with Crippen molar-refractivity contribution in [1.29, 1.82) is 0 Å². The van der Waals surface area contributed by atoms with Crippen LogP contribution >= 0.6 is 0 Å². The molecule has 0 spiro atoms. The fourth-order valence-corrected chi connectivity index (χ4v) is 2.08. The molecule has 4 heterocycles. The zero-order chi connectivity index (χ0) is 34.2. The Kier molecular flexibility index (Phi) is 51.1. The van der Waals surface area contributed by atoms with Gasteiger partial charge < -0.3 is 4.52 Å². The van der Waals surface area contributed by atoms with E-state index in [4.69, 9.17) is 0 Å². The molecule has 0 aromatic carbocycles. The number of nitrogens with zero attached hydrogens (tertiary/aromatic N) is 5. The second-order valence-electron chi connectivity index (χ2n) is 7.13. The molecule has 6 heteroatoms. The van der Waals surface area contributed by atoms with E-state index in [1.165, 1.54) is 11.1 Å². The Morgan fingerprint density at radius 2 is 1.14 bits per heavy atom. The van der Waals surface area contributed by atoms with Gasteiger partial charge in [-0.15, -0.1) is 0 Å². The first-order valence-corrected chi connectivity index (χ1v) is 15.6. The summed E-state index contributed by atoms with van der Waals surface area (Å²) in [6.45, 7) is 30.0. The van der Waals surface area contributed by atoms with E-state index in [1.54, 1.807) is 49.6 Å². The zero-order valence-corrected chi connectivity index (χ0v) is 30.1. The molecule has 4 aromatic heterocycles. The highest BCUT2D eigenvalue weighted by Crippen LogP contribution is 2.05. The van der Waals surface area contributed by atoms with Crippen LogP contribution in [-0.4, -0.2) is 25.1 Å². The number of rotatable bonds is 0. The van der Waals surface area contributed by atoms with Crippen LogP contribution in [0.3, 0.4) is 0 Å². The second-order valence-corrected chi connectivity index (χ2v) is 7.13. The van der Waals surface area contributed by atoms with Gasteiger partial charge in [0.15, 0.2) is 0 Å². The third kappa shape index (κ3) is 42.7. The molecule has 4 aromatic rings. The summed E-state index contributed by atoms with van der Waals surface area (Å²) in [5.74, 6) is 0. The van der Waals surface area contributed by atoms with Crippen molar-refractivity contribution in [3.8, 4) is 0 Å². The minimum atomic E-state index is 0.961. The van der Waals surface area contributed by atoms with Crippen molar-refractivity contribution in [1.82, 2.24) is 25.1 Å². The number of aromatic nitrogens is 5. The van der Waals surface area contributed by atoms with Gasteiger partial charge in [0.05, 0.1) is 11.9 Å². The SMILES string of the molecule is CC.CC.CC.CC.CC.CC1=CCC=C1.Cc1ccccn1.Cc1ccncc1.Cc1cnccn1.Cc1cnoc1. The maximum atomic E-state index is 4.46. The summed E-state index contributed by atoms with van der Waals surface area (Å²) < 4.78 is 4.46. The Balaban J connectivity index is -0.000000130. The van der Waals surface area contributed by atoms with Gasteiger partial charge >= 0.3 is 0 Å². The molecule has 5 rings (SSSR count). The fraction of sp³-hybridized carbons (Fsp3) is 0.432. The van der Waals surface area contributed by atoms with Crippen molar-refractivity contribution in [3.63, 3.8) is 0 Å².